The van der Waals surface area contributed by atoms with E-state index >= 15 is 0 Å². The predicted octanol–water partition coefficient (Wildman–Crippen LogP) is 5.26. The van der Waals surface area contributed by atoms with Crippen molar-refractivity contribution >= 4 is 5.69 Å². The van der Waals surface area contributed by atoms with Gasteiger partial charge in [-0.15, -0.1) is 0 Å². The number of rotatable bonds is 8. The Morgan fingerprint density at radius 3 is 2.00 bits per heavy atom. The van der Waals surface area contributed by atoms with E-state index in [1.165, 1.54) is 39.3 Å². The lowest BCUT2D eigenvalue weighted by Crippen LogP contribution is -2.54. The van der Waals surface area contributed by atoms with Crippen LogP contribution in [0.4, 0.5) is 5.69 Å². The Bertz CT molecular complexity index is 826. The first kappa shape index (κ1) is 21.9. The Morgan fingerprint density at radius 2 is 1.55 bits per heavy atom. The van der Waals surface area contributed by atoms with Crippen LogP contribution in [0, 0.1) is 20.8 Å². The second-order valence-electron chi connectivity index (χ2n) is 8.29. The average molecular weight is 399 g/mol. The van der Waals surface area contributed by atoms with Crippen LogP contribution in [-0.2, 0) is 15.9 Å². The lowest BCUT2D eigenvalue weighted by Gasteiger charge is -2.51. The van der Waals surface area contributed by atoms with Crippen molar-refractivity contribution in [2.24, 2.45) is 0 Å². The molecule has 1 aromatic heterocycles. The molecule has 160 valence electrons. The maximum Gasteiger partial charge on any atom is 0.0773 e. The molecule has 1 saturated carbocycles. The fourth-order valence-corrected chi connectivity index (χ4v) is 5.44. The number of hydrogen-bond acceptors (Lipinski definition) is 3. The van der Waals surface area contributed by atoms with E-state index in [0.717, 1.165) is 19.5 Å². The van der Waals surface area contributed by atoms with Crippen LogP contribution in [-0.4, -0.2) is 44.5 Å². The first-order valence-corrected chi connectivity index (χ1v) is 11.0. The number of benzene rings is 1. The van der Waals surface area contributed by atoms with Crippen LogP contribution < -0.4 is 4.90 Å². The normalized spacial score (nSPS) is 23.9. The molecule has 0 spiro atoms. The smallest absolute Gasteiger partial charge is 0.0773 e. The van der Waals surface area contributed by atoms with Crippen molar-refractivity contribution in [3.05, 3.63) is 51.8 Å². The first-order valence-electron chi connectivity index (χ1n) is 11.0. The van der Waals surface area contributed by atoms with Gasteiger partial charge in [0.15, 0.2) is 0 Å². The van der Waals surface area contributed by atoms with E-state index in [-0.39, 0.29) is 24.0 Å². The molecule has 2 atom stereocenters. The molecule has 2 aromatic rings. The zero-order chi connectivity index (χ0) is 21.3. The molecular formula is C25H38N2O2. The van der Waals surface area contributed by atoms with Crippen LogP contribution in [0.15, 0.2) is 18.2 Å². The van der Waals surface area contributed by atoms with E-state index in [1.807, 2.05) is 14.2 Å². The quantitative estimate of drug-likeness (QED) is 0.659. The van der Waals surface area contributed by atoms with Gasteiger partial charge in [0.25, 0.3) is 0 Å². The van der Waals surface area contributed by atoms with Gasteiger partial charge in [0.05, 0.1) is 18.1 Å². The minimum absolute atomic E-state index is 0.111. The SMILES string of the molecule is CCc1c(C)[nH]c(C2C(OC)C(c3ccc(N(CC)CC)cc3C)C2OC)c1C. The highest BCUT2D eigenvalue weighted by atomic mass is 16.5. The summed E-state index contributed by atoms with van der Waals surface area (Å²) in [6.45, 7) is 15.3. The van der Waals surface area contributed by atoms with E-state index in [1.54, 1.807) is 0 Å². The lowest BCUT2D eigenvalue weighted by molar-refractivity contribution is -0.117. The van der Waals surface area contributed by atoms with Crippen LogP contribution in [0.2, 0.25) is 0 Å². The Kier molecular flexibility index (Phi) is 6.75. The van der Waals surface area contributed by atoms with Gasteiger partial charge in [-0.3, -0.25) is 0 Å². The van der Waals surface area contributed by atoms with Crippen molar-refractivity contribution in [1.82, 2.24) is 4.98 Å². The molecule has 1 aliphatic rings. The minimum Gasteiger partial charge on any atom is -0.380 e. The second kappa shape index (κ2) is 8.93. The Balaban J connectivity index is 1.96. The van der Waals surface area contributed by atoms with E-state index in [9.17, 15) is 0 Å². The van der Waals surface area contributed by atoms with E-state index in [2.05, 4.69) is 69.6 Å². The maximum absolute atomic E-state index is 6.05. The van der Waals surface area contributed by atoms with Gasteiger partial charge < -0.3 is 19.4 Å². The van der Waals surface area contributed by atoms with Gasteiger partial charge >= 0.3 is 0 Å². The summed E-state index contributed by atoms with van der Waals surface area (Å²) in [6, 6.07) is 6.85. The van der Waals surface area contributed by atoms with Gasteiger partial charge in [-0.1, -0.05) is 13.0 Å². The number of nitrogens with one attached hydrogen (secondary N) is 1. The largest absolute Gasteiger partial charge is 0.380 e. The Hall–Kier alpha value is -1.78. The number of aryl methyl sites for hydroxylation is 2. The zero-order valence-electron chi connectivity index (χ0n) is 19.4. The zero-order valence-corrected chi connectivity index (χ0v) is 19.4. The highest BCUT2D eigenvalue weighted by Gasteiger charge is 2.54. The number of methoxy groups -OCH3 is 2. The van der Waals surface area contributed by atoms with Gasteiger partial charge in [0.2, 0.25) is 0 Å². The predicted molar refractivity (Wildman–Crippen MR) is 121 cm³/mol. The number of aromatic amines is 1. The number of H-pyrrole nitrogens is 1. The molecule has 0 bridgehead atoms. The van der Waals surface area contributed by atoms with Crippen molar-refractivity contribution in [2.45, 2.75) is 72.0 Å². The summed E-state index contributed by atoms with van der Waals surface area (Å²) in [5.41, 5.74) is 9.29. The monoisotopic (exact) mass is 398 g/mol. The molecule has 4 heteroatoms. The van der Waals surface area contributed by atoms with Gasteiger partial charge in [-0.05, 0) is 75.4 Å². The van der Waals surface area contributed by atoms with Crippen LogP contribution in [0.3, 0.4) is 0 Å². The average Bonchev–Trinajstić information content (AvgIpc) is 2.97. The highest BCUT2D eigenvalue weighted by molar-refractivity contribution is 5.53. The number of nitrogens with zero attached hydrogens (tertiary/aromatic N) is 1. The Morgan fingerprint density at radius 1 is 0.931 bits per heavy atom. The number of anilines is 1. The summed E-state index contributed by atoms with van der Waals surface area (Å²) >= 11 is 0. The standard InChI is InChI=1S/C25H38N2O2/c1-9-19-16(5)23(26-17(19)6)22-24(28-7)21(25(22)29-8)20-13-12-18(14-15(20)4)27(10-2)11-3/h12-14,21-22,24-26H,9-11H2,1-8H3. The number of ether oxygens (including phenoxy) is 2. The molecule has 0 radical (unpaired) electrons. The van der Waals surface area contributed by atoms with Crippen molar-refractivity contribution in [3.63, 3.8) is 0 Å². The van der Waals surface area contributed by atoms with Crippen molar-refractivity contribution in [2.75, 3.05) is 32.2 Å². The topological polar surface area (TPSA) is 37.5 Å². The molecule has 1 fully saturated rings. The van der Waals surface area contributed by atoms with Crippen molar-refractivity contribution in [3.8, 4) is 0 Å². The molecule has 0 aliphatic heterocycles. The van der Waals surface area contributed by atoms with Crippen molar-refractivity contribution < 1.29 is 9.47 Å². The fraction of sp³-hybridized carbons (Fsp3) is 0.600. The third-order valence-corrected chi connectivity index (χ3v) is 7.02. The molecule has 1 N–H and O–H groups in total. The molecule has 2 unspecified atom stereocenters. The summed E-state index contributed by atoms with van der Waals surface area (Å²) in [7, 11) is 3.67. The molecule has 3 rings (SSSR count). The summed E-state index contributed by atoms with van der Waals surface area (Å²) in [5, 5.41) is 0. The van der Waals surface area contributed by atoms with E-state index in [0.29, 0.717) is 0 Å². The molecule has 0 saturated heterocycles. The third kappa shape index (κ3) is 3.62. The van der Waals surface area contributed by atoms with Crippen LogP contribution in [0.25, 0.3) is 0 Å². The molecule has 1 aliphatic carbocycles. The fourth-order valence-electron chi connectivity index (χ4n) is 5.44. The summed E-state index contributed by atoms with van der Waals surface area (Å²) < 4.78 is 12.1. The van der Waals surface area contributed by atoms with Gasteiger partial charge in [0.1, 0.15) is 0 Å². The van der Waals surface area contributed by atoms with Crippen LogP contribution >= 0.6 is 0 Å². The molecule has 4 nitrogen and oxygen atoms in total. The van der Waals surface area contributed by atoms with Gasteiger partial charge in [-0.25, -0.2) is 0 Å². The number of hydrogen-bond donors (Lipinski definition) is 1. The van der Waals surface area contributed by atoms with Crippen LogP contribution in [0.5, 0.6) is 0 Å². The summed E-state index contributed by atoms with van der Waals surface area (Å²) in [5.74, 6) is 0.477. The maximum atomic E-state index is 6.05. The summed E-state index contributed by atoms with van der Waals surface area (Å²) in [6.07, 6.45) is 1.27. The second-order valence-corrected chi connectivity index (χ2v) is 8.29. The summed E-state index contributed by atoms with van der Waals surface area (Å²) in [4.78, 5) is 6.04. The van der Waals surface area contributed by atoms with E-state index < -0.39 is 0 Å². The van der Waals surface area contributed by atoms with E-state index in [4.69, 9.17) is 9.47 Å². The molecule has 29 heavy (non-hydrogen) atoms. The molecule has 1 heterocycles. The molecule has 1 aromatic carbocycles. The first-order chi connectivity index (χ1) is 13.9. The minimum atomic E-state index is 0.111. The lowest BCUT2D eigenvalue weighted by atomic mass is 9.63. The van der Waals surface area contributed by atoms with Gasteiger partial charge in [0, 0.05) is 50.3 Å². The van der Waals surface area contributed by atoms with Crippen molar-refractivity contribution in [1.29, 1.82) is 0 Å². The third-order valence-electron chi connectivity index (χ3n) is 7.02. The molecule has 0 amide bonds. The highest BCUT2D eigenvalue weighted by Crippen LogP contribution is 2.52. The van der Waals surface area contributed by atoms with Gasteiger partial charge in [-0.2, -0.15) is 0 Å². The van der Waals surface area contributed by atoms with Crippen LogP contribution in [0.1, 0.15) is 66.2 Å². The Labute approximate surface area is 176 Å². The number of aromatic nitrogens is 1. The molecular weight excluding hydrogens is 360 g/mol.